The average molecular weight is 382 g/mol. The van der Waals surface area contributed by atoms with Crippen molar-refractivity contribution in [2.45, 2.75) is 33.2 Å². The number of benzene rings is 1. The van der Waals surface area contributed by atoms with Crippen LogP contribution in [0, 0.1) is 11.8 Å². The Kier molecular flexibility index (Phi) is 5.97. The number of nitrogens with one attached hydrogen (secondary N) is 1. The number of hydrogen-bond acceptors (Lipinski definition) is 4. The molecule has 0 bridgehead atoms. The third kappa shape index (κ3) is 4.50. The highest BCUT2D eigenvalue weighted by Crippen LogP contribution is 2.41. The molecule has 2 aromatic rings. The first-order chi connectivity index (χ1) is 13.4. The minimum absolute atomic E-state index is 0.000517. The third-order valence-corrected chi connectivity index (χ3v) is 5.20. The molecule has 1 aromatic heterocycles. The van der Waals surface area contributed by atoms with E-state index in [0.717, 1.165) is 12.0 Å². The van der Waals surface area contributed by atoms with E-state index in [4.69, 9.17) is 4.74 Å². The Morgan fingerprint density at radius 1 is 1.29 bits per heavy atom. The van der Waals surface area contributed by atoms with Gasteiger partial charge in [-0.1, -0.05) is 19.1 Å². The molecule has 148 valence electrons. The smallest absolute Gasteiger partial charge is 0.263 e. The lowest BCUT2D eigenvalue weighted by atomic mass is 10.0. The number of amides is 1. The van der Waals surface area contributed by atoms with Crippen molar-refractivity contribution in [3.8, 4) is 5.75 Å². The van der Waals surface area contributed by atoms with Gasteiger partial charge in [0, 0.05) is 24.7 Å². The zero-order valence-corrected chi connectivity index (χ0v) is 16.5. The fourth-order valence-corrected chi connectivity index (χ4v) is 3.33. The fourth-order valence-electron chi connectivity index (χ4n) is 3.33. The van der Waals surface area contributed by atoms with Crippen LogP contribution >= 0.6 is 0 Å². The maximum absolute atomic E-state index is 12.9. The lowest BCUT2D eigenvalue weighted by Crippen LogP contribution is -2.34. The van der Waals surface area contributed by atoms with Gasteiger partial charge in [-0.05, 0) is 48.9 Å². The largest absolute Gasteiger partial charge is 0.497 e. The van der Waals surface area contributed by atoms with Crippen molar-refractivity contribution in [3.63, 3.8) is 0 Å². The highest BCUT2D eigenvalue weighted by atomic mass is 16.5. The number of carbonyl (C=O) groups is 2. The molecule has 1 aromatic carbocycles. The van der Waals surface area contributed by atoms with E-state index in [0.29, 0.717) is 36.1 Å². The van der Waals surface area contributed by atoms with E-state index in [2.05, 4.69) is 12.2 Å². The van der Waals surface area contributed by atoms with E-state index >= 15 is 0 Å². The second kappa shape index (κ2) is 8.42. The van der Waals surface area contributed by atoms with E-state index in [1.54, 1.807) is 20.2 Å². The molecule has 0 radical (unpaired) electrons. The Hall–Kier alpha value is -2.89. The number of methoxy groups -OCH3 is 1. The van der Waals surface area contributed by atoms with E-state index in [1.165, 1.54) is 10.6 Å². The quantitative estimate of drug-likeness (QED) is 0.712. The zero-order valence-electron chi connectivity index (χ0n) is 16.5. The maximum atomic E-state index is 12.9. The molecule has 1 heterocycles. The number of ether oxygens (including phenoxy) is 1. The van der Waals surface area contributed by atoms with Crippen LogP contribution in [-0.4, -0.2) is 29.9 Å². The molecule has 1 amide bonds. The number of pyridine rings is 1. The minimum atomic E-state index is -0.457. The highest BCUT2D eigenvalue weighted by molar-refractivity contribution is 6.00. The summed E-state index contributed by atoms with van der Waals surface area (Å²) in [6.07, 6.45) is 3.08. The summed E-state index contributed by atoms with van der Waals surface area (Å²) < 4.78 is 6.67. The summed E-state index contributed by atoms with van der Waals surface area (Å²) >= 11 is 0. The number of Topliss-reactive ketones (excluding diaryl/α,β-unsaturated/α-hetero) is 1. The molecule has 1 saturated carbocycles. The molecule has 0 unspecified atom stereocenters. The predicted molar refractivity (Wildman–Crippen MR) is 107 cm³/mol. The lowest BCUT2D eigenvalue weighted by molar-refractivity contribution is 0.0953. The average Bonchev–Trinajstić information content (AvgIpc) is 3.37. The number of carbonyl (C=O) groups excluding carboxylic acids is 2. The summed E-state index contributed by atoms with van der Waals surface area (Å²) in [5.74, 6) is 1.17. The standard InChI is InChI=1S/C22H26N2O4/c1-4-23-21(26)19-10-17(20(25)11-16-8-14(16)2)13-24(22(19)27)12-15-6-5-7-18(9-15)28-3/h5-7,9-10,13-14,16H,4,8,11-12H2,1-3H3,(H,23,26)/t14-,16+/m0/s1. The summed E-state index contributed by atoms with van der Waals surface area (Å²) in [6, 6.07) is 8.81. The maximum Gasteiger partial charge on any atom is 0.263 e. The molecule has 0 saturated heterocycles. The monoisotopic (exact) mass is 382 g/mol. The molecule has 1 aliphatic carbocycles. The van der Waals surface area contributed by atoms with Gasteiger partial charge in [0.1, 0.15) is 11.3 Å². The van der Waals surface area contributed by atoms with E-state index in [9.17, 15) is 14.4 Å². The third-order valence-electron chi connectivity index (χ3n) is 5.20. The van der Waals surface area contributed by atoms with Crippen LogP contribution in [0.1, 0.15) is 53.0 Å². The molecule has 6 heteroatoms. The van der Waals surface area contributed by atoms with Crippen molar-refractivity contribution < 1.29 is 14.3 Å². The fraction of sp³-hybridized carbons (Fsp3) is 0.409. The van der Waals surface area contributed by atoms with Crippen LogP contribution in [0.4, 0.5) is 0 Å². The van der Waals surface area contributed by atoms with Crippen LogP contribution in [0.15, 0.2) is 41.3 Å². The minimum Gasteiger partial charge on any atom is -0.497 e. The number of nitrogens with zero attached hydrogens (tertiary/aromatic N) is 1. The molecular weight excluding hydrogens is 356 g/mol. The van der Waals surface area contributed by atoms with Crippen molar-refractivity contribution in [1.29, 1.82) is 0 Å². The molecule has 1 N–H and O–H groups in total. The van der Waals surface area contributed by atoms with Gasteiger partial charge in [-0.25, -0.2) is 0 Å². The second-order valence-electron chi connectivity index (χ2n) is 7.39. The Labute approximate surface area is 164 Å². The highest BCUT2D eigenvalue weighted by Gasteiger charge is 2.34. The summed E-state index contributed by atoms with van der Waals surface area (Å²) in [5.41, 5.74) is 0.844. The van der Waals surface area contributed by atoms with Crippen LogP contribution < -0.4 is 15.6 Å². The Balaban J connectivity index is 1.97. The predicted octanol–water partition coefficient (Wildman–Crippen LogP) is 2.88. The molecule has 1 aliphatic rings. The van der Waals surface area contributed by atoms with E-state index in [-0.39, 0.29) is 17.9 Å². The van der Waals surface area contributed by atoms with Crippen molar-refractivity contribution >= 4 is 11.7 Å². The van der Waals surface area contributed by atoms with Crippen molar-refractivity contribution in [3.05, 3.63) is 63.6 Å². The topological polar surface area (TPSA) is 77.4 Å². The number of rotatable bonds is 8. The van der Waals surface area contributed by atoms with Crippen molar-refractivity contribution in [2.75, 3.05) is 13.7 Å². The summed E-state index contributed by atoms with van der Waals surface area (Å²) in [4.78, 5) is 38.0. The van der Waals surface area contributed by atoms with Crippen molar-refractivity contribution in [2.24, 2.45) is 11.8 Å². The van der Waals surface area contributed by atoms with Crippen LogP contribution in [-0.2, 0) is 6.54 Å². The Morgan fingerprint density at radius 3 is 2.68 bits per heavy atom. The first-order valence-corrected chi connectivity index (χ1v) is 9.61. The Morgan fingerprint density at radius 2 is 2.04 bits per heavy atom. The number of ketones is 1. The van der Waals surface area contributed by atoms with Gasteiger partial charge >= 0.3 is 0 Å². The zero-order chi connectivity index (χ0) is 20.3. The van der Waals surface area contributed by atoms with E-state index < -0.39 is 11.5 Å². The SMILES string of the molecule is CCNC(=O)c1cc(C(=O)C[C@H]2C[C@@H]2C)cn(Cc2cccc(OC)c2)c1=O. The van der Waals surface area contributed by atoms with Crippen LogP contribution in [0.25, 0.3) is 0 Å². The van der Waals surface area contributed by atoms with Gasteiger partial charge in [-0.15, -0.1) is 0 Å². The molecule has 6 nitrogen and oxygen atoms in total. The van der Waals surface area contributed by atoms with Crippen LogP contribution in [0.3, 0.4) is 0 Å². The summed E-state index contributed by atoms with van der Waals surface area (Å²) in [5, 5.41) is 2.65. The lowest BCUT2D eigenvalue weighted by Gasteiger charge is -2.12. The molecule has 3 rings (SSSR count). The summed E-state index contributed by atoms with van der Waals surface area (Å²) in [6.45, 7) is 4.58. The first-order valence-electron chi connectivity index (χ1n) is 9.61. The van der Waals surface area contributed by atoms with Gasteiger partial charge in [-0.3, -0.25) is 14.4 Å². The normalized spacial score (nSPS) is 17.8. The van der Waals surface area contributed by atoms with Crippen molar-refractivity contribution in [1.82, 2.24) is 9.88 Å². The van der Waals surface area contributed by atoms with Gasteiger partial charge in [0.15, 0.2) is 5.78 Å². The first kappa shape index (κ1) is 19.9. The molecular formula is C22H26N2O4. The van der Waals surface area contributed by atoms with Crippen LogP contribution in [0.5, 0.6) is 5.75 Å². The number of aromatic nitrogens is 1. The molecule has 28 heavy (non-hydrogen) atoms. The van der Waals surface area contributed by atoms with Gasteiger partial charge in [0.05, 0.1) is 13.7 Å². The summed E-state index contributed by atoms with van der Waals surface area (Å²) in [7, 11) is 1.58. The van der Waals surface area contributed by atoms with E-state index in [1.807, 2.05) is 24.3 Å². The van der Waals surface area contributed by atoms with Gasteiger partial charge in [0.2, 0.25) is 0 Å². The number of hydrogen-bond donors (Lipinski definition) is 1. The second-order valence-corrected chi connectivity index (χ2v) is 7.39. The van der Waals surface area contributed by atoms with Crippen LogP contribution in [0.2, 0.25) is 0 Å². The van der Waals surface area contributed by atoms with Gasteiger partial charge < -0.3 is 14.6 Å². The van der Waals surface area contributed by atoms with Gasteiger partial charge in [0.25, 0.3) is 11.5 Å². The molecule has 0 spiro atoms. The van der Waals surface area contributed by atoms with Gasteiger partial charge in [-0.2, -0.15) is 0 Å². The molecule has 2 atom stereocenters. The Bertz CT molecular complexity index is 948. The molecule has 1 fully saturated rings. The molecule has 0 aliphatic heterocycles.